The number of hydrogen-bond donors (Lipinski definition) is 1. The summed E-state index contributed by atoms with van der Waals surface area (Å²) in [5.74, 6) is 2.18. The molecule has 1 heterocycles. The van der Waals surface area contributed by atoms with Crippen molar-refractivity contribution in [2.45, 2.75) is 45.1 Å². The van der Waals surface area contributed by atoms with Crippen LogP contribution in [0.25, 0.3) is 0 Å². The molecule has 0 saturated heterocycles. The molecule has 2 aliphatic carbocycles. The largest absolute Gasteiger partial charge is 0.469 e. The highest BCUT2D eigenvalue weighted by Gasteiger charge is 2.45. The zero-order valence-corrected chi connectivity index (χ0v) is 10.7. The van der Waals surface area contributed by atoms with E-state index in [-0.39, 0.29) is 11.5 Å². The van der Waals surface area contributed by atoms with Crippen molar-refractivity contribution < 1.29 is 9.52 Å². The molecule has 0 aliphatic heterocycles. The standard InChI is InChI=1S/C15H20O2/c1-9-6-10-7-14-11(4-5-17-14)15(2,3)12(10)8-13(9)16/h4-6,10,12-13,16H,7-8H2,1-3H3. The molecule has 0 radical (unpaired) electrons. The first-order valence-corrected chi connectivity index (χ1v) is 6.43. The molecular formula is C15H20O2. The Balaban J connectivity index is 2.07. The molecule has 1 aromatic rings. The minimum Gasteiger partial charge on any atom is -0.469 e. The average molecular weight is 232 g/mol. The van der Waals surface area contributed by atoms with Gasteiger partial charge < -0.3 is 9.52 Å². The second-order valence-corrected chi connectivity index (χ2v) is 6.12. The van der Waals surface area contributed by atoms with Gasteiger partial charge in [-0.2, -0.15) is 0 Å². The number of allylic oxidation sites excluding steroid dienone is 1. The quantitative estimate of drug-likeness (QED) is 0.697. The van der Waals surface area contributed by atoms with Gasteiger partial charge in [-0.3, -0.25) is 0 Å². The maximum Gasteiger partial charge on any atom is 0.108 e. The Morgan fingerprint density at radius 3 is 2.94 bits per heavy atom. The molecule has 0 aromatic carbocycles. The summed E-state index contributed by atoms with van der Waals surface area (Å²) in [4.78, 5) is 0. The van der Waals surface area contributed by atoms with Gasteiger partial charge in [-0.25, -0.2) is 0 Å². The van der Waals surface area contributed by atoms with E-state index in [0.717, 1.165) is 24.2 Å². The van der Waals surface area contributed by atoms with Crippen molar-refractivity contribution in [3.8, 4) is 0 Å². The Morgan fingerprint density at radius 1 is 1.41 bits per heavy atom. The van der Waals surface area contributed by atoms with Crippen molar-refractivity contribution >= 4 is 0 Å². The maximum atomic E-state index is 10.1. The molecule has 0 fully saturated rings. The van der Waals surface area contributed by atoms with Crippen molar-refractivity contribution in [2.75, 3.05) is 0 Å². The van der Waals surface area contributed by atoms with E-state index in [1.807, 2.05) is 6.92 Å². The monoisotopic (exact) mass is 232 g/mol. The van der Waals surface area contributed by atoms with Crippen LogP contribution in [0.2, 0.25) is 0 Å². The normalized spacial score (nSPS) is 34.8. The van der Waals surface area contributed by atoms with Crippen molar-refractivity contribution in [1.29, 1.82) is 0 Å². The molecule has 2 heteroatoms. The third-order valence-corrected chi connectivity index (χ3v) is 4.78. The molecule has 3 atom stereocenters. The zero-order chi connectivity index (χ0) is 12.2. The van der Waals surface area contributed by atoms with Crippen LogP contribution < -0.4 is 0 Å². The van der Waals surface area contributed by atoms with Gasteiger partial charge in [-0.1, -0.05) is 19.9 Å². The van der Waals surface area contributed by atoms with E-state index < -0.39 is 0 Å². The van der Waals surface area contributed by atoms with Crippen LogP contribution in [0.4, 0.5) is 0 Å². The Kier molecular flexibility index (Phi) is 2.27. The van der Waals surface area contributed by atoms with Gasteiger partial charge in [-0.15, -0.1) is 0 Å². The van der Waals surface area contributed by atoms with Crippen LogP contribution in [0.5, 0.6) is 0 Å². The SMILES string of the molecule is CC1=CC2Cc3occc3C(C)(C)C2CC1O. The third kappa shape index (κ3) is 1.50. The smallest absolute Gasteiger partial charge is 0.108 e. The van der Waals surface area contributed by atoms with E-state index >= 15 is 0 Å². The van der Waals surface area contributed by atoms with Crippen LogP contribution in [0.3, 0.4) is 0 Å². The topological polar surface area (TPSA) is 33.4 Å². The lowest BCUT2D eigenvalue weighted by atomic mass is 9.59. The first kappa shape index (κ1) is 11.1. The minimum absolute atomic E-state index is 0.101. The van der Waals surface area contributed by atoms with Gasteiger partial charge in [0.2, 0.25) is 0 Å². The second-order valence-electron chi connectivity index (χ2n) is 6.12. The Bertz CT molecular complexity index is 467. The first-order chi connectivity index (χ1) is 8.00. The summed E-state index contributed by atoms with van der Waals surface area (Å²) in [6.07, 6.45) is 5.66. The van der Waals surface area contributed by atoms with E-state index in [1.54, 1.807) is 6.26 Å². The molecule has 2 aliphatic rings. The Hall–Kier alpha value is -1.02. The molecule has 3 unspecified atom stereocenters. The van der Waals surface area contributed by atoms with Crippen LogP contribution >= 0.6 is 0 Å². The Morgan fingerprint density at radius 2 is 2.18 bits per heavy atom. The van der Waals surface area contributed by atoms with E-state index in [9.17, 15) is 5.11 Å². The molecule has 17 heavy (non-hydrogen) atoms. The summed E-state index contributed by atoms with van der Waals surface area (Å²) in [6.45, 7) is 6.59. The fourth-order valence-electron chi connectivity index (χ4n) is 3.68. The molecule has 1 N–H and O–H groups in total. The maximum absolute atomic E-state index is 10.1. The number of rotatable bonds is 0. The van der Waals surface area contributed by atoms with Crippen molar-refractivity contribution in [1.82, 2.24) is 0 Å². The van der Waals surface area contributed by atoms with Crippen LogP contribution in [0.15, 0.2) is 28.4 Å². The highest BCUT2D eigenvalue weighted by Crippen LogP contribution is 2.49. The number of fused-ring (bicyclic) bond motifs is 2. The van der Waals surface area contributed by atoms with Gasteiger partial charge in [0, 0.05) is 6.42 Å². The van der Waals surface area contributed by atoms with E-state index in [4.69, 9.17) is 4.42 Å². The lowest BCUT2D eigenvalue weighted by Gasteiger charge is -2.46. The molecular weight excluding hydrogens is 212 g/mol. The van der Waals surface area contributed by atoms with Gasteiger partial charge in [-0.05, 0) is 47.8 Å². The van der Waals surface area contributed by atoms with Gasteiger partial charge >= 0.3 is 0 Å². The minimum atomic E-state index is -0.260. The highest BCUT2D eigenvalue weighted by atomic mass is 16.3. The summed E-state index contributed by atoms with van der Waals surface area (Å²) in [7, 11) is 0. The number of aliphatic hydroxyl groups is 1. The summed E-state index contributed by atoms with van der Waals surface area (Å²) in [5.41, 5.74) is 2.56. The molecule has 0 spiro atoms. The zero-order valence-electron chi connectivity index (χ0n) is 10.7. The second kappa shape index (κ2) is 3.49. The predicted octanol–water partition coefficient (Wildman–Crippen LogP) is 3.06. The summed E-state index contributed by atoms with van der Waals surface area (Å²) < 4.78 is 5.61. The Labute approximate surface area is 102 Å². The summed E-state index contributed by atoms with van der Waals surface area (Å²) in [6, 6.07) is 2.10. The number of hydrogen-bond acceptors (Lipinski definition) is 2. The van der Waals surface area contributed by atoms with Crippen LogP contribution in [0.1, 0.15) is 38.5 Å². The lowest BCUT2D eigenvalue weighted by Crippen LogP contribution is -2.43. The average Bonchev–Trinajstić information content (AvgIpc) is 2.71. The highest BCUT2D eigenvalue weighted by molar-refractivity contribution is 5.34. The fraction of sp³-hybridized carbons (Fsp3) is 0.600. The molecule has 2 nitrogen and oxygen atoms in total. The fourth-order valence-corrected chi connectivity index (χ4v) is 3.68. The van der Waals surface area contributed by atoms with Crippen LogP contribution in [0, 0.1) is 11.8 Å². The summed E-state index contributed by atoms with van der Waals surface area (Å²) in [5, 5.41) is 10.1. The van der Waals surface area contributed by atoms with Crippen molar-refractivity contribution in [3.05, 3.63) is 35.3 Å². The van der Waals surface area contributed by atoms with E-state index in [1.165, 1.54) is 5.56 Å². The van der Waals surface area contributed by atoms with Gasteiger partial charge in [0.15, 0.2) is 0 Å². The van der Waals surface area contributed by atoms with Crippen molar-refractivity contribution in [2.24, 2.45) is 11.8 Å². The third-order valence-electron chi connectivity index (χ3n) is 4.78. The molecule has 3 rings (SSSR count). The van der Waals surface area contributed by atoms with Gasteiger partial charge in [0.05, 0.1) is 12.4 Å². The van der Waals surface area contributed by atoms with E-state index in [0.29, 0.717) is 11.8 Å². The summed E-state index contributed by atoms with van der Waals surface area (Å²) >= 11 is 0. The molecule has 0 saturated carbocycles. The molecule has 0 bridgehead atoms. The predicted molar refractivity (Wildman–Crippen MR) is 66.8 cm³/mol. The van der Waals surface area contributed by atoms with Crippen LogP contribution in [-0.4, -0.2) is 11.2 Å². The van der Waals surface area contributed by atoms with E-state index in [2.05, 4.69) is 26.0 Å². The molecule has 0 amide bonds. The number of furan rings is 1. The van der Waals surface area contributed by atoms with Gasteiger partial charge in [0.1, 0.15) is 5.76 Å². The van der Waals surface area contributed by atoms with Crippen LogP contribution in [-0.2, 0) is 11.8 Å². The lowest BCUT2D eigenvalue weighted by molar-refractivity contribution is 0.0980. The van der Waals surface area contributed by atoms with Crippen molar-refractivity contribution in [3.63, 3.8) is 0 Å². The molecule has 92 valence electrons. The van der Waals surface area contributed by atoms with Gasteiger partial charge in [0.25, 0.3) is 0 Å². The number of aliphatic hydroxyl groups excluding tert-OH is 1. The first-order valence-electron chi connectivity index (χ1n) is 6.43. The molecule has 1 aromatic heterocycles.